The molecule has 1 rings (SSSR count). The molecule has 1 N–H and O–H groups in total. The quantitative estimate of drug-likeness (QED) is 0.683. The van der Waals surface area contributed by atoms with Crippen molar-refractivity contribution in [3.8, 4) is 0 Å². The van der Waals surface area contributed by atoms with Crippen LogP contribution in [0.1, 0.15) is 46.0 Å². The van der Waals surface area contributed by atoms with Gasteiger partial charge in [0, 0.05) is 18.8 Å². The first-order valence-corrected chi connectivity index (χ1v) is 9.54. The zero-order chi connectivity index (χ0) is 13.3. The van der Waals surface area contributed by atoms with E-state index in [1.165, 1.54) is 48.8 Å². The SMILES string of the molecule is CCC1(CC)CN=C(NCCCCCSC)SC1. The Bertz CT molecular complexity index is 250. The standard InChI is InChI=1S/C14H28N2S2/c1-4-14(5-2)11-16-13(18-12-14)15-9-7-6-8-10-17-3/h4-12H2,1-3H3,(H,15,16). The zero-order valence-electron chi connectivity index (χ0n) is 12.1. The molecule has 0 aromatic carbocycles. The fraction of sp³-hybridized carbons (Fsp3) is 0.929. The molecule has 0 aromatic heterocycles. The number of unbranched alkanes of at least 4 members (excludes halogenated alkanes) is 2. The minimum atomic E-state index is 0.466. The summed E-state index contributed by atoms with van der Waals surface area (Å²) in [6, 6.07) is 0. The second kappa shape index (κ2) is 9.13. The minimum absolute atomic E-state index is 0.466. The lowest BCUT2D eigenvalue weighted by Gasteiger charge is -2.33. The number of rotatable bonds is 8. The first kappa shape index (κ1) is 16.2. The van der Waals surface area contributed by atoms with Gasteiger partial charge in [0.05, 0.1) is 0 Å². The molecule has 0 atom stereocenters. The van der Waals surface area contributed by atoms with Crippen LogP contribution in [-0.2, 0) is 0 Å². The smallest absolute Gasteiger partial charge is 0.156 e. The topological polar surface area (TPSA) is 24.4 Å². The highest BCUT2D eigenvalue weighted by Crippen LogP contribution is 2.34. The summed E-state index contributed by atoms with van der Waals surface area (Å²) in [6.07, 6.45) is 8.63. The molecule has 0 unspecified atom stereocenters. The molecule has 0 aliphatic carbocycles. The molecule has 0 aromatic rings. The molecule has 18 heavy (non-hydrogen) atoms. The van der Waals surface area contributed by atoms with E-state index < -0.39 is 0 Å². The van der Waals surface area contributed by atoms with E-state index in [-0.39, 0.29) is 0 Å². The van der Waals surface area contributed by atoms with Gasteiger partial charge in [0.2, 0.25) is 0 Å². The maximum atomic E-state index is 4.72. The molecule has 0 spiro atoms. The van der Waals surface area contributed by atoms with Crippen molar-refractivity contribution >= 4 is 28.7 Å². The van der Waals surface area contributed by atoms with E-state index in [2.05, 4.69) is 25.4 Å². The van der Waals surface area contributed by atoms with E-state index in [4.69, 9.17) is 4.99 Å². The van der Waals surface area contributed by atoms with E-state index in [0.717, 1.165) is 13.1 Å². The lowest BCUT2D eigenvalue weighted by molar-refractivity contribution is 0.318. The summed E-state index contributed by atoms with van der Waals surface area (Å²) in [5.74, 6) is 2.53. The normalized spacial score (nSPS) is 18.5. The number of aliphatic imine (C=N–C) groups is 1. The van der Waals surface area contributed by atoms with E-state index in [9.17, 15) is 0 Å². The van der Waals surface area contributed by atoms with Crippen molar-refractivity contribution in [3.05, 3.63) is 0 Å². The molecule has 0 fully saturated rings. The monoisotopic (exact) mass is 288 g/mol. The third kappa shape index (κ3) is 5.43. The van der Waals surface area contributed by atoms with Gasteiger partial charge in [-0.3, -0.25) is 4.99 Å². The predicted molar refractivity (Wildman–Crippen MR) is 88.0 cm³/mol. The van der Waals surface area contributed by atoms with Crippen molar-refractivity contribution < 1.29 is 0 Å². The molecule has 4 heteroatoms. The largest absolute Gasteiger partial charge is 0.365 e. The highest BCUT2D eigenvalue weighted by Gasteiger charge is 2.29. The highest BCUT2D eigenvalue weighted by atomic mass is 32.2. The number of hydrogen-bond acceptors (Lipinski definition) is 4. The second-order valence-corrected chi connectivity index (χ2v) is 7.05. The fourth-order valence-electron chi connectivity index (χ4n) is 2.08. The molecule has 1 heterocycles. The predicted octanol–water partition coefficient (Wildman–Crippen LogP) is 4.02. The lowest BCUT2D eigenvalue weighted by Crippen LogP contribution is -2.34. The number of amidine groups is 1. The fourth-order valence-corrected chi connectivity index (χ4v) is 3.88. The Balaban J connectivity index is 2.15. The van der Waals surface area contributed by atoms with Crippen LogP contribution in [0.15, 0.2) is 4.99 Å². The number of thioether (sulfide) groups is 2. The summed E-state index contributed by atoms with van der Waals surface area (Å²) in [5, 5.41) is 4.67. The molecule has 0 saturated heterocycles. The van der Waals surface area contributed by atoms with Crippen LogP contribution in [0.5, 0.6) is 0 Å². The van der Waals surface area contributed by atoms with Gasteiger partial charge < -0.3 is 5.32 Å². The number of hydrogen-bond donors (Lipinski definition) is 1. The maximum absolute atomic E-state index is 4.72. The lowest BCUT2D eigenvalue weighted by atomic mass is 9.84. The summed E-state index contributed by atoms with van der Waals surface area (Å²) in [7, 11) is 0. The molecule has 0 amide bonds. The third-order valence-corrected chi connectivity index (χ3v) is 5.88. The molecular weight excluding hydrogens is 260 g/mol. The molecule has 0 saturated carbocycles. The Morgan fingerprint density at radius 1 is 1.28 bits per heavy atom. The number of nitrogens with one attached hydrogen (secondary N) is 1. The second-order valence-electron chi connectivity index (χ2n) is 5.10. The average Bonchev–Trinajstić information content (AvgIpc) is 2.43. The zero-order valence-corrected chi connectivity index (χ0v) is 13.8. The van der Waals surface area contributed by atoms with Gasteiger partial charge in [-0.15, -0.1) is 0 Å². The van der Waals surface area contributed by atoms with E-state index >= 15 is 0 Å². The van der Waals surface area contributed by atoms with Crippen molar-refractivity contribution in [2.45, 2.75) is 46.0 Å². The van der Waals surface area contributed by atoms with Gasteiger partial charge in [-0.05, 0) is 43.1 Å². The molecule has 2 nitrogen and oxygen atoms in total. The maximum Gasteiger partial charge on any atom is 0.156 e. The Morgan fingerprint density at radius 3 is 2.61 bits per heavy atom. The van der Waals surface area contributed by atoms with Crippen molar-refractivity contribution in [2.75, 3.05) is 30.9 Å². The van der Waals surface area contributed by atoms with Crippen LogP contribution < -0.4 is 5.32 Å². The third-order valence-electron chi connectivity index (χ3n) is 3.87. The first-order valence-electron chi connectivity index (χ1n) is 7.16. The summed E-state index contributed by atoms with van der Waals surface area (Å²) < 4.78 is 0. The van der Waals surface area contributed by atoms with Crippen LogP contribution in [0.4, 0.5) is 0 Å². The first-order chi connectivity index (χ1) is 8.76. The van der Waals surface area contributed by atoms with Crippen molar-refractivity contribution in [1.29, 1.82) is 0 Å². The van der Waals surface area contributed by atoms with Crippen LogP contribution in [0, 0.1) is 5.41 Å². The Morgan fingerprint density at radius 2 is 2.06 bits per heavy atom. The van der Waals surface area contributed by atoms with Gasteiger partial charge in [-0.1, -0.05) is 32.0 Å². The van der Waals surface area contributed by atoms with Crippen LogP contribution in [-0.4, -0.2) is 36.0 Å². The summed E-state index contributed by atoms with van der Waals surface area (Å²) in [4.78, 5) is 4.72. The Hall–Kier alpha value is 0.170. The summed E-state index contributed by atoms with van der Waals surface area (Å²) in [6.45, 7) is 6.70. The molecule has 1 aliphatic rings. The highest BCUT2D eigenvalue weighted by molar-refractivity contribution is 8.13. The summed E-state index contributed by atoms with van der Waals surface area (Å²) in [5.41, 5.74) is 0.466. The number of nitrogens with zero attached hydrogens (tertiary/aromatic N) is 1. The van der Waals surface area contributed by atoms with E-state index in [0.29, 0.717) is 5.41 Å². The van der Waals surface area contributed by atoms with Crippen LogP contribution in [0.3, 0.4) is 0 Å². The van der Waals surface area contributed by atoms with Gasteiger partial charge in [-0.25, -0.2) is 0 Å². The van der Waals surface area contributed by atoms with Crippen molar-refractivity contribution in [2.24, 2.45) is 10.4 Å². The Labute approximate surface area is 121 Å². The van der Waals surface area contributed by atoms with Crippen molar-refractivity contribution in [3.63, 3.8) is 0 Å². The van der Waals surface area contributed by atoms with Gasteiger partial charge in [0.15, 0.2) is 5.17 Å². The van der Waals surface area contributed by atoms with Gasteiger partial charge in [0.25, 0.3) is 0 Å². The van der Waals surface area contributed by atoms with E-state index in [1.54, 1.807) is 0 Å². The molecular formula is C14H28N2S2. The van der Waals surface area contributed by atoms with Crippen LogP contribution in [0.2, 0.25) is 0 Å². The Kier molecular flexibility index (Phi) is 8.23. The minimum Gasteiger partial charge on any atom is -0.365 e. The van der Waals surface area contributed by atoms with Crippen LogP contribution in [0.25, 0.3) is 0 Å². The van der Waals surface area contributed by atoms with Gasteiger partial charge in [0.1, 0.15) is 0 Å². The summed E-state index contributed by atoms with van der Waals surface area (Å²) >= 11 is 3.87. The van der Waals surface area contributed by atoms with Gasteiger partial charge in [-0.2, -0.15) is 11.8 Å². The molecule has 0 bridgehead atoms. The molecule has 106 valence electrons. The average molecular weight is 289 g/mol. The molecule has 1 aliphatic heterocycles. The molecule has 0 radical (unpaired) electrons. The van der Waals surface area contributed by atoms with Crippen LogP contribution >= 0.6 is 23.5 Å². The van der Waals surface area contributed by atoms with E-state index in [1.807, 2.05) is 23.5 Å². The van der Waals surface area contributed by atoms with Crippen molar-refractivity contribution in [1.82, 2.24) is 5.32 Å². The van der Waals surface area contributed by atoms with Gasteiger partial charge >= 0.3 is 0 Å².